The zero-order valence-electron chi connectivity index (χ0n) is 12.4. The van der Waals surface area contributed by atoms with Crippen molar-refractivity contribution in [1.29, 1.82) is 0 Å². The van der Waals surface area contributed by atoms with E-state index in [1.807, 2.05) is 20.8 Å². The monoisotopic (exact) mass is 385 g/mol. The van der Waals surface area contributed by atoms with Gasteiger partial charge >= 0.3 is 0 Å². The molecule has 124 valence electrons. The molecule has 1 aromatic rings. The molecule has 0 aromatic heterocycles. The highest BCUT2D eigenvalue weighted by Crippen LogP contribution is 2.36. The molecule has 1 N–H and O–H groups in total. The lowest BCUT2D eigenvalue weighted by Crippen LogP contribution is -2.49. The molecule has 1 atom stereocenters. The number of amides is 1. The third-order valence-corrected chi connectivity index (χ3v) is 5.91. The minimum Gasteiger partial charge on any atom is -0.336 e. The van der Waals surface area contributed by atoms with Gasteiger partial charge in [0.25, 0.3) is 0 Å². The molecule has 1 amide bonds. The Morgan fingerprint density at radius 1 is 1.18 bits per heavy atom. The Labute approximate surface area is 146 Å². The molecule has 1 rings (SSSR count). The van der Waals surface area contributed by atoms with Gasteiger partial charge in [-0.05, 0) is 25.0 Å². The molecule has 0 heterocycles. The molecule has 0 saturated carbocycles. The van der Waals surface area contributed by atoms with Gasteiger partial charge in [-0.3, -0.25) is 4.79 Å². The highest BCUT2D eigenvalue weighted by atomic mass is 35.6. The Morgan fingerprint density at radius 3 is 2.09 bits per heavy atom. The topological polar surface area (TPSA) is 63.2 Å². The third kappa shape index (κ3) is 5.30. The summed E-state index contributed by atoms with van der Waals surface area (Å²) < 4.78 is 23.1. The summed E-state index contributed by atoms with van der Waals surface area (Å²) in [5.41, 5.74) is 0.897. The van der Waals surface area contributed by atoms with E-state index in [1.165, 1.54) is 12.1 Å². The van der Waals surface area contributed by atoms with Gasteiger partial charge in [0.2, 0.25) is 19.5 Å². The van der Waals surface area contributed by atoms with Crippen LogP contribution in [0.3, 0.4) is 0 Å². The van der Waals surface area contributed by atoms with Crippen LogP contribution in [0.4, 0.5) is 0 Å². The van der Waals surface area contributed by atoms with Crippen LogP contribution in [-0.4, -0.2) is 23.5 Å². The lowest BCUT2D eigenvalue weighted by atomic mass is 10.1. The van der Waals surface area contributed by atoms with Gasteiger partial charge in [-0.2, -0.15) is 0 Å². The van der Waals surface area contributed by atoms with Crippen molar-refractivity contribution in [1.82, 2.24) is 5.32 Å². The van der Waals surface area contributed by atoms with E-state index in [0.717, 1.165) is 5.56 Å². The number of halogens is 3. The van der Waals surface area contributed by atoms with Crippen LogP contribution in [0.1, 0.15) is 25.8 Å². The van der Waals surface area contributed by atoms with Crippen LogP contribution in [0.25, 0.3) is 0 Å². The molecular formula is C14H18Cl3NO3S. The summed E-state index contributed by atoms with van der Waals surface area (Å²) >= 11 is 17.3. The van der Waals surface area contributed by atoms with Gasteiger partial charge in [0.05, 0.1) is 4.90 Å². The molecule has 0 bridgehead atoms. The van der Waals surface area contributed by atoms with Gasteiger partial charge in [0.1, 0.15) is 0 Å². The Kier molecular flexibility index (Phi) is 6.57. The molecule has 0 radical (unpaired) electrons. The third-order valence-electron chi connectivity index (χ3n) is 2.84. The molecule has 0 aliphatic heterocycles. The molecule has 22 heavy (non-hydrogen) atoms. The van der Waals surface area contributed by atoms with Crippen molar-refractivity contribution in [3.8, 4) is 0 Å². The van der Waals surface area contributed by atoms with Crippen LogP contribution in [0, 0.1) is 12.8 Å². The van der Waals surface area contributed by atoms with Crippen LogP contribution < -0.4 is 5.32 Å². The van der Waals surface area contributed by atoms with E-state index in [2.05, 4.69) is 5.32 Å². The van der Waals surface area contributed by atoms with Crippen LogP contribution in [0.2, 0.25) is 0 Å². The molecule has 1 aromatic carbocycles. The maximum Gasteiger partial charge on any atom is 0.225 e. The fourth-order valence-corrected chi connectivity index (χ4v) is 4.42. The largest absolute Gasteiger partial charge is 0.336 e. The quantitative estimate of drug-likeness (QED) is 0.786. The van der Waals surface area contributed by atoms with Crippen molar-refractivity contribution in [2.75, 3.05) is 0 Å². The standard InChI is InChI=1S/C14H18Cl3NO3S/c1-9(2)8-12(19)18-13(14(15,16)17)22(20,21)11-6-4-10(3)5-7-11/h4-7,9,13H,8H2,1-3H3,(H,18,19)/t13-/m1/s1. The van der Waals surface area contributed by atoms with Crippen LogP contribution in [0.15, 0.2) is 29.2 Å². The molecule has 0 aliphatic rings. The van der Waals surface area contributed by atoms with Gasteiger partial charge in [0, 0.05) is 6.42 Å². The van der Waals surface area contributed by atoms with Gasteiger partial charge in [-0.15, -0.1) is 0 Å². The lowest BCUT2D eigenvalue weighted by molar-refractivity contribution is -0.122. The van der Waals surface area contributed by atoms with E-state index >= 15 is 0 Å². The molecule has 0 fully saturated rings. The van der Waals surface area contributed by atoms with Crippen molar-refractivity contribution in [2.24, 2.45) is 5.92 Å². The summed E-state index contributed by atoms with van der Waals surface area (Å²) in [7, 11) is -4.03. The maximum absolute atomic E-state index is 12.6. The second kappa shape index (κ2) is 7.39. The summed E-state index contributed by atoms with van der Waals surface area (Å²) in [6, 6.07) is 6.11. The van der Waals surface area contributed by atoms with E-state index in [1.54, 1.807) is 12.1 Å². The Hall–Kier alpha value is -0.490. The minimum atomic E-state index is -4.03. The Bertz CT molecular complexity index is 622. The summed E-state index contributed by atoms with van der Waals surface area (Å²) in [6.45, 7) is 5.49. The van der Waals surface area contributed by atoms with Gasteiger partial charge < -0.3 is 5.32 Å². The normalized spacial score (nSPS) is 14.0. The lowest BCUT2D eigenvalue weighted by Gasteiger charge is -2.25. The molecular weight excluding hydrogens is 369 g/mol. The second-order valence-corrected chi connectivity index (χ2v) is 9.85. The fourth-order valence-electron chi connectivity index (χ4n) is 1.78. The number of alkyl halides is 3. The van der Waals surface area contributed by atoms with E-state index < -0.39 is 24.9 Å². The predicted octanol–water partition coefficient (Wildman–Crippen LogP) is 3.63. The number of sulfone groups is 1. The smallest absolute Gasteiger partial charge is 0.225 e. The summed E-state index contributed by atoms with van der Waals surface area (Å²) in [4.78, 5) is 11.9. The SMILES string of the molecule is Cc1ccc(S(=O)(=O)[C@@H](NC(=O)CC(C)C)C(Cl)(Cl)Cl)cc1. The van der Waals surface area contributed by atoms with Gasteiger partial charge in [-0.1, -0.05) is 66.3 Å². The second-order valence-electron chi connectivity index (χ2n) is 5.45. The molecule has 0 unspecified atom stereocenters. The van der Waals surface area contributed by atoms with E-state index in [-0.39, 0.29) is 17.2 Å². The van der Waals surface area contributed by atoms with Crippen LogP contribution in [0.5, 0.6) is 0 Å². The Morgan fingerprint density at radius 2 is 1.68 bits per heavy atom. The highest BCUT2D eigenvalue weighted by molar-refractivity contribution is 7.92. The maximum atomic E-state index is 12.6. The van der Waals surface area contributed by atoms with Crippen molar-refractivity contribution in [2.45, 2.75) is 41.3 Å². The average Bonchev–Trinajstić information content (AvgIpc) is 2.34. The summed E-state index contributed by atoms with van der Waals surface area (Å²) in [5.74, 6) is -0.430. The molecule has 0 spiro atoms. The van der Waals surface area contributed by atoms with Crippen molar-refractivity contribution in [3.05, 3.63) is 29.8 Å². The molecule has 0 aliphatic carbocycles. The zero-order valence-corrected chi connectivity index (χ0v) is 15.5. The number of hydrogen-bond donors (Lipinski definition) is 1. The average molecular weight is 387 g/mol. The zero-order chi connectivity index (χ0) is 17.1. The van der Waals surface area contributed by atoms with Crippen LogP contribution >= 0.6 is 34.8 Å². The molecule has 4 nitrogen and oxygen atoms in total. The molecule has 0 saturated heterocycles. The summed E-state index contributed by atoms with van der Waals surface area (Å²) in [6.07, 6.45) is 0.140. The first kappa shape index (κ1) is 19.6. The summed E-state index contributed by atoms with van der Waals surface area (Å²) in [5, 5.41) is 0.665. The van der Waals surface area contributed by atoms with E-state index in [9.17, 15) is 13.2 Å². The van der Waals surface area contributed by atoms with Crippen molar-refractivity contribution >= 4 is 50.5 Å². The first-order valence-corrected chi connectivity index (χ1v) is 9.29. The number of nitrogens with one attached hydrogen (secondary N) is 1. The number of hydrogen-bond acceptors (Lipinski definition) is 3. The first-order chi connectivity index (χ1) is 9.94. The van der Waals surface area contributed by atoms with E-state index in [0.29, 0.717) is 0 Å². The number of carbonyl (C=O) groups excluding carboxylic acids is 1. The highest BCUT2D eigenvalue weighted by Gasteiger charge is 2.44. The number of rotatable bonds is 5. The minimum absolute atomic E-state index is 0.0146. The van der Waals surface area contributed by atoms with Crippen molar-refractivity contribution in [3.63, 3.8) is 0 Å². The van der Waals surface area contributed by atoms with Crippen LogP contribution in [-0.2, 0) is 14.6 Å². The fraction of sp³-hybridized carbons (Fsp3) is 0.500. The number of benzene rings is 1. The molecule has 8 heteroatoms. The van der Waals surface area contributed by atoms with E-state index in [4.69, 9.17) is 34.8 Å². The number of carbonyl (C=O) groups is 1. The van der Waals surface area contributed by atoms with Gasteiger partial charge in [-0.25, -0.2) is 8.42 Å². The van der Waals surface area contributed by atoms with Gasteiger partial charge in [0.15, 0.2) is 5.37 Å². The number of aryl methyl sites for hydroxylation is 1. The Balaban J connectivity index is 3.16. The first-order valence-electron chi connectivity index (χ1n) is 6.61. The predicted molar refractivity (Wildman–Crippen MR) is 90.0 cm³/mol. The van der Waals surface area contributed by atoms with Crippen molar-refractivity contribution < 1.29 is 13.2 Å².